The Balaban J connectivity index is 1.92. The van der Waals surface area contributed by atoms with Crippen molar-refractivity contribution in [2.75, 3.05) is 11.5 Å². The van der Waals surface area contributed by atoms with Crippen molar-refractivity contribution in [1.82, 2.24) is 0 Å². The molecule has 1 aromatic heterocycles. The second-order valence-electron chi connectivity index (χ2n) is 5.80. The number of carbonyl (C=O) groups is 1. The molecule has 22 heavy (non-hydrogen) atoms. The highest BCUT2D eigenvalue weighted by atomic mass is 35.5. The third-order valence-electron chi connectivity index (χ3n) is 4.55. The van der Waals surface area contributed by atoms with E-state index < -0.39 is 0 Å². The summed E-state index contributed by atoms with van der Waals surface area (Å²) in [7, 11) is 0. The van der Waals surface area contributed by atoms with Gasteiger partial charge >= 0.3 is 0 Å². The number of halogens is 1. The maximum absolute atomic E-state index is 12.4. The molecule has 0 unspecified atom stereocenters. The van der Waals surface area contributed by atoms with Crippen molar-refractivity contribution in [2.24, 2.45) is 5.92 Å². The Morgan fingerprint density at radius 1 is 1.36 bits per heavy atom. The van der Waals surface area contributed by atoms with Crippen LogP contribution in [-0.4, -0.2) is 12.5 Å². The minimum atomic E-state index is -0.131. The molecule has 0 saturated carbocycles. The fourth-order valence-electron chi connectivity index (χ4n) is 3.73. The molecule has 4 rings (SSSR count). The molecule has 1 aromatic carbocycles. The number of amides is 1. The topological polar surface area (TPSA) is 42.7 Å². The minimum Gasteiger partial charge on any atom is -0.467 e. The molecule has 0 spiro atoms. The molecule has 2 aliphatic heterocycles. The van der Waals surface area contributed by atoms with E-state index in [0.717, 1.165) is 23.4 Å². The molecule has 0 aliphatic carbocycles. The molecule has 2 aromatic rings. The normalized spacial score (nSPS) is 26.6. The highest BCUT2D eigenvalue weighted by molar-refractivity contribution is 6.30. The Labute approximate surface area is 133 Å². The first-order chi connectivity index (χ1) is 10.7. The molecule has 2 aliphatic rings. The van der Waals surface area contributed by atoms with E-state index >= 15 is 0 Å². The number of carbonyl (C=O) groups excluding carboxylic acids is 1. The van der Waals surface area contributed by atoms with Gasteiger partial charge in [0.1, 0.15) is 11.8 Å². The van der Waals surface area contributed by atoms with Crippen LogP contribution in [0.2, 0.25) is 5.02 Å². The van der Waals surface area contributed by atoms with Crippen LogP contribution in [0.5, 0.6) is 0 Å². The van der Waals surface area contributed by atoms with Gasteiger partial charge in [0, 0.05) is 30.0 Å². The average Bonchev–Trinajstić information content (AvgIpc) is 3.17. The monoisotopic (exact) mass is 317 g/mol. The number of hydrogen-bond acceptors (Lipinski definition) is 3. The summed E-state index contributed by atoms with van der Waals surface area (Å²) >= 11 is 6.15. The van der Waals surface area contributed by atoms with E-state index in [-0.39, 0.29) is 24.0 Å². The highest BCUT2D eigenvalue weighted by Gasteiger charge is 2.47. The van der Waals surface area contributed by atoms with Crippen LogP contribution in [0.15, 0.2) is 41.0 Å². The van der Waals surface area contributed by atoms with Gasteiger partial charge in [0.25, 0.3) is 0 Å². The summed E-state index contributed by atoms with van der Waals surface area (Å²) < 4.78 is 11.6. The summed E-state index contributed by atoms with van der Waals surface area (Å²) in [4.78, 5) is 14.2. The number of ether oxygens (including phenoxy) is 1. The zero-order valence-corrected chi connectivity index (χ0v) is 12.9. The Kier molecular flexibility index (Phi) is 3.24. The van der Waals surface area contributed by atoms with Crippen LogP contribution in [0.3, 0.4) is 0 Å². The quantitative estimate of drug-likeness (QED) is 0.794. The molecular formula is C17H16ClNO3. The van der Waals surface area contributed by atoms with E-state index in [2.05, 4.69) is 0 Å². The molecule has 1 saturated heterocycles. The van der Waals surface area contributed by atoms with E-state index in [1.807, 2.05) is 35.2 Å². The Bertz CT molecular complexity index is 713. The largest absolute Gasteiger partial charge is 0.467 e. The zero-order valence-electron chi connectivity index (χ0n) is 12.2. The zero-order chi connectivity index (χ0) is 15.3. The number of furan rings is 1. The maximum Gasteiger partial charge on any atom is 0.224 e. The lowest BCUT2D eigenvalue weighted by Crippen LogP contribution is -2.42. The van der Waals surface area contributed by atoms with Crippen molar-refractivity contribution in [3.63, 3.8) is 0 Å². The number of benzene rings is 1. The number of nitrogens with zero attached hydrogens (tertiary/aromatic N) is 1. The van der Waals surface area contributed by atoms with Gasteiger partial charge in [-0.2, -0.15) is 0 Å². The third kappa shape index (κ3) is 1.98. The van der Waals surface area contributed by atoms with Crippen LogP contribution in [0.4, 0.5) is 5.69 Å². The van der Waals surface area contributed by atoms with Gasteiger partial charge in [0.05, 0.1) is 18.1 Å². The fourth-order valence-corrected chi connectivity index (χ4v) is 3.91. The molecule has 0 N–H and O–H groups in total. The number of rotatable bonds is 1. The summed E-state index contributed by atoms with van der Waals surface area (Å²) in [5, 5.41) is 0.660. The standard InChI is InChI=1S/C17H16ClNO3/c1-10(20)19-14-5-4-11(18)9-13(14)17-12(6-8-22-17)16(19)15-3-2-7-21-15/h2-5,7,9,12,16-17H,6,8H2,1H3/t12-,16+,17-/m1/s1. The molecule has 1 amide bonds. The first-order valence-electron chi connectivity index (χ1n) is 7.41. The van der Waals surface area contributed by atoms with Gasteiger partial charge in [-0.15, -0.1) is 0 Å². The van der Waals surface area contributed by atoms with Crippen LogP contribution < -0.4 is 4.90 Å². The summed E-state index contributed by atoms with van der Waals surface area (Å²) in [6, 6.07) is 9.27. The molecule has 114 valence electrons. The lowest BCUT2D eigenvalue weighted by atomic mass is 9.81. The van der Waals surface area contributed by atoms with Gasteiger partial charge in [0.15, 0.2) is 0 Å². The smallest absolute Gasteiger partial charge is 0.224 e. The van der Waals surface area contributed by atoms with E-state index in [9.17, 15) is 4.79 Å². The first kappa shape index (κ1) is 13.9. The lowest BCUT2D eigenvalue weighted by Gasteiger charge is -2.42. The molecular weight excluding hydrogens is 302 g/mol. The van der Waals surface area contributed by atoms with Crippen LogP contribution in [0, 0.1) is 5.92 Å². The molecule has 1 fully saturated rings. The third-order valence-corrected chi connectivity index (χ3v) is 4.79. The van der Waals surface area contributed by atoms with E-state index in [1.165, 1.54) is 0 Å². The Hall–Kier alpha value is -1.78. The van der Waals surface area contributed by atoms with Gasteiger partial charge < -0.3 is 14.1 Å². The summed E-state index contributed by atoms with van der Waals surface area (Å²) in [6.45, 7) is 2.27. The van der Waals surface area contributed by atoms with Gasteiger partial charge in [-0.25, -0.2) is 0 Å². The lowest BCUT2D eigenvalue weighted by molar-refractivity contribution is -0.117. The van der Waals surface area contributed by atoms with Crippen molar-refractivity contribution < 1.29 is 13.9 Å². The van der Waals surface area contributed by atoms with E-state index in [1.54, 1.807) is 13.2 Å². The summed E-state index contributed by atoms with van der Waals surface area (Å²) in [6.07, 6.45) is 2.50. The van der Waals surface area contributed by atoms with Crippen molar-refractivity contribution >= 4 is 23.2 Å². The molecule has 5 heteroatoms. The summed E-state index contributed by atoms with van der Waals surface area (Å²) in [5.41, 5.74) is 1.86. The predicted molar refractivity (Wildman–Crippen MR) is 82.9 cm³/mol. The first-order valence-corrected chi connectivity index (χ1v) is 7.79. The summed E-state index contributed by atoms with van der Waals surface area (Å²) in [5.74, 6) is 0.979. The van der Waals surface area contributed by atoms with Crippen molar-refractivity contribution in [3.8, 4) is 0 Å². The minimum absolute atomic E-state index is 0.00433. The average molecular weight is 318 g/mol. The molecule has 0 radical (unpaired) electrons. The molecule has 4 nitrogen and oxygen atoms in total. The van der Waals surface area contributed by atoms with E-state index in [0.29, 0.717) is 11.6 Å². The van der Waals surface area contributed by atoms with Gasteiger partial charge in [-0.05, 0) is 36.8 Å². The molecule has 0 bridgehead atoms. The maximum atomic E-state index is 12.4. The fraction of sp³-hybridized carbons (Fsp3) is 0.353. The van der Waals surface area contributed by atoms with Crippen LogP contribution in [0.1, 0.15) is 36.8 Å². The Morgan fingerprint density at radius 3 is 2.95 bits per heavy atom. The molecule has 3 atom stereocenters. The number of hydrogen-bond donors (Lipinski definition) is 0. The Morgan fingerprint density at radius 2 is 2.23 bits per heavy atom. The number of anilines is 1. The highest BCUT2D eigenvalue weighted by Crippen LogP contribution is 2.53. The van der Waals surface area contributed by atoms with Crippen molar-refractivity contribution in [2.45, 2.75) is 25.5 Å². The van der Waals surface area contributed by atoms with Crippen molar-refractivity contribution in [1.29, 1.82) is 0 Å². The SMILES string of the molecule is CC(=O)N1c2ccc(Cl)cc2[C@@H]2OCC[C@@H]2[C@H]1c1ccco1. The number of fused-ring (bicyclic) bond motifs is 3. The van der Waals surface area contributed by atoms with Gasteiger partial charge in [0.2, 0.25) is 5.91 Å². The van der Waals surface area contributed by atoms with Crippen LogP contribution >= 0.6 is 11.6 Å². The van der Waals surface area contributed by atoms with Crippen LogP contribution in [0.25, 0.3) is 0 Å². The predicted octanol–water partition coefficient (Wildman–Crippen LogP) is 4.12. The molecule has 3 heterocycles. The van der Waals surface area contributed by atoms with Crippen molar-refractivity contribution in [3.05, 3.63) is 52.9 Å². The van der Waals surface area contributed by atoms with E-state index in [4.69, 9.17) is 20.8 Å². The van der Waals surface area contributed by atoms with Gasteiger partial charge in [-0.1, -0.05) is 11.6 Å². The van der Waals surface area contributed by atoms with Gasteiger partial charge in [-0.3, -0.25) is 4.79 Å². The second kappa shape index (κ2) is 5.14. The second-order valence-corrected chi connectivity index (χ2v) is 6.23. The van der Waals surface area contributed by atoms with Crippen LogP contribution in [-0.2, 0) is 9.53 Å².